The summed E-state index contributed by atoms with van der Waals surface area (Å²) in [4.78, 5) is 29.9. The number of anilines is 1. The third kappa shape index (κ3) is 4.78. The molecule has 0 aliphatic heterocycles. The molecular weight excluding hydrogens is 490 g/mol. The second-order valence-corrected chi connectivity index (χ2v) is 8.44. The number of rotatable bonds is 5. The molecule has 2 aromatic carbocycles. The van der Waals surface area contributed by atoms with Crippen molar-refractivity contribution in [1.82, 2.24) is 9.55 Å². The number of carbonyl (C=O) groups excluding carboxylic acids is 2. The summed E-state index contributed by atoms with van der Waals surface area (Å²) in [6.45, 7) is 1.47. The van der Waals surface area contributed by atoms with Crippen LogP contribution in [0.2, 0.25) is 10.0 Å². The number of alkyl halides is 3. The van der Waals surface area contributed by atoms with Gasteiger partial charge in [-0.1, -0.05) is 35.3 Å². The highest BCUT2D eigenvalue weighted by molar-refractivity contribution is 6.49. The van der Waals surface area contributed by atoms with Crippen molar-refractivity contribution in [1.29, 1.82) is 0 Å². The van der Waals surface area contributed by atoms with Gasteiger partial charge in [0.1, 0.15) is 5.69 Å². The number of Topliss-reactive ketones (excluding diaryl/α,β-unsaturated/α-hetero) is 1. The van der Waals surface area contributed by atoms with E-state index in [1.165, 1.54) is 36.5 Å². The van der Waals surface area contributed by atoms with Crippen molar-refractivity contribution >= 4 is 51.5 Å². The van der Waals surface area contributed by atoms with E-state index in [1.807, 2.05) is 0 Å². The minimum absolute atomic E-state index is 0.0696. The first-order valence-corrected chi connectivity index (χ1v) is 10.7. The van der Waals surface area contributed by atoms with E-state index in [0.717, 1.165) is 4.57 Å². The summed E-state index contributed by atoms with van der Waals surface area (Å²) in [6, 6.07) is 13.3. The van der Waals surface area contributed by atoms with Gasteiger partial charge in [-0.25, -0.2) is 0 Å². The highest BCUT2D eigenvalue weighted by atomic mass is 35.5. The molecule has 0 radical (unpaired) electrons. The monoisotopic (exact) mass is 505 g/mol. The summed E-state index contributed by atoms with van der Waals surface area (Å²) in [5, 5.41) is 2.84. The van der Waals surface area contributed by atoms with Crippen LogP contribution in [0.4, 0.5) is 18.9 Å². The largest absolute Gasteiger partial charge is 0.432 e. The Bertz CT molecular complexity index is 1410. The van der Waals surface area contributed by atoms with Crippen LogP contribution in [0, 0.1) is 6.92 Å². The first kappa shape index (κ1) is 23.8. The van der Waals surface area contributed by atoms with Crippen LogP contribution in [0.5, 0.6) is 0 Å². The molecule has 174 valence electrons. The SMILES string of the molecule is Cc1cc(NC(=O)C(=O)c2c(C(F)(F)F)n(Cc3ccc(Cl)cc3)c3ccc(Cl)cc23)ccn1. The van der Waals surface area contributed by atoms with Crippen LogP contribution in [0.15, 0.2) is 60.8 Å². The molecule has 0 unspecified atom stereocenters. The number of amides is 1. The highest BCUT2D eigenvalue weighted by Crippen LogP contribution is 2.40. The first-order valence-electron chi connectivity index (χ1n) is 9.96. The summed E-state index contributed by atoms with van der Waals surface area (Å²) in [6.07, 6.45) is -3.52. The maximum Gasteiger partial charge on any atom is 0.432 e. The van der Waals surface area contributed by atoms with E-state index in [0.29, 0.717) is 16.3 Å². The Balaban J connectivity index is 1.87. The third-order valence-electron chi connectivity index (χ3n) is 5.14. The van der Waals surface area contributed by atoms with Crippen LogP contribution in [0.1, 0.15) is 27.3 Å². The van der Waals surface area contributed by atoms with Crippen LogP contribution in [-0.2, 0) is 17.5 Å². The molecule has 4 aromatic rings. The lowest BCUT2D eigenvalue weighted by molar-refractivity contribution is -0.143. The number of pyridine rings is 1. The van der Waals surface area contributed by atoms with E-state index in [-0.39, 0.29) is 28.2 Å². The van der Waals surface area contributed by atoms with Crippen molar-refractivity contribution in [3.8, 4) is 0 Å². The number of nitrogens with one attached hydrogen (secondary N) is 1. The van der Waals surface area contributed by atoms with Crippen molar-refractivity contribution in [3.63, 3.8) is 0 Å². The van der Waals surface area contributed by atoms with E-state index in [1.54, 1.807) is 31.2 Å². The van der Waals surface area contributed by atoms with Gasteiger partial charge in [-0.05, 0) is 55.0 Å². The lowest BCUT2D eigenvalue weighted by Gasteiger charge is -2.15. The average molecular weight is 506 g/mol. The van der Waals surface area contributed by atoms with Crippen molar-refractivity contribution < 1.29 is 22.8 Å². The van der Waals surface area contributed by atoms with Crippen LogP contribution in [-0.4, -0.2) is 21.2 Å². The normalized spacial score (nSPS) is 11.6. The van der Waals surface area contributed by atoms with Gasteiger partial charge in [0, 0.05) is 45.1 Å². The molecule has 4 rings (SSSR count). The number of ketones is 1. The Hall–Kier alpha value is -3.36. The molecular formula is C24H16Cl2F3N3O2. The molecule has 1 N–H and O–H groups in total. The zero-order valence-corrected chi connectivity index (χ0v) is 19.1. The van der Waals surface area contributed by atoms with Gasteiger partial charge in [-0.15, -0.1) is 0 Å². The topological polar surface area (TPSA) is 64.0 Å². The van der Waals surface area contributed by atoms with Gasteiger partial charge >= 0.3 is 6.18 Å². The lowest BCUT2D eigenvalue weighted by atomic mass is 10.1. The number of carbonyl (C=O) groups is 2. The predicted octanol–water partition coefficient (Wildman–Crippen LogP) is 6.54. The number of fused-ring (bicyclic) bond motifs is 1. The van der Waals surface area contributed by atoms with Gasteiger partial charge in [0.05, 0.1) is 5.56 Å². The number of hydrogen-bond acceptors (Lipinski definition) is 3. The molecule has 0 fully saturated rings. The van der Waals surface area contributed by atoms with E-state index in [4.69, 9.17) is 23.2 Å². The Morgan fingerprint density at radius 2 is 1.68 bits per heavy atom. The quantitative estimate of drug-likeness (QED) is 0.247. The first-order chi connectivity index (χ1) is 16.0. The number of aryl methyl sites for hydroxylation is 1. The molecule has 0 spiro atoms. The molecule has 2 aromatic heterocycles. The second kappa shape index (κ2) is 9.12. The number of benzene rings is 2. The van der Waals surface area contributed by atoms with Gasteiger partial charge in [-0.2, -0.15) is 13.2 Å². The van der Waals surface area contributed by atoms with Crippen molar-refractivity contribution in [2.24, 2.45) is 0 Å². The van der Waals surface area contributed by atoms with Crippen molar-refractivity contribution in [2.75, 3.05) is 5.32 Å². The summed E-state index contributed by atoms with van der Waals surface area (Å²) in [5.41, 5.74) is -0.553. The van der Waals surface area contributed by atoms with E-state index in [9.17, 15) is 22.8 Å². The summed E-state index contributed by atoms with van der Waals surface area (Å²) < 4.78 is 44.0. The van der Waals surface area contributed by atoms with Gasteiger partial charge < -0.3 is 9.88 Å². The Labute approximate surface area is 202 Å². The molecule has 0 saturated carbocycles. The van der Waals surface area contributed by atoms with E-state index >= 15 is 0 Å². The smallest absolute Gasteiger partial charge is 0.332 e. The standard InChI is InChI=1S/C24H16Cl2F3N3O2/c1-13-10-17(8-9-30-13)31-23(34)21(33)20-18-11-16(26)6-7-19(18)32(22(20)24(27,28)29)12-14-2-4-15(25)5-3-14/h2-11H,12H2,1H3,(H,30,31,34). The van der Waals surface area contributed by atoms with Gasteiger partial charge in [-0.3, -0.25) is 14.6 Å². The zero-order chi connectivity index (χ0) is 24.6. The van der Waals surface area contributed by atoms with Crippen LogP contribution < -0.4 is 5.32 Å². The van der Waals surface area contributed by atoms with Crippen molar-refractivity contribution in [2.45, 2.75) is 19.6 Å². The molecule has 34 heavy (non-hydrogen) atoms. The minimum atomic E-state index is -4.93. The average Bonchev–Trinajstić information content (AvgIpc) is 3.08. The second-order valence-electron chi connectivity index (χ2n) is 7.56. The zero-order valence-electron chi connectivity index (χ0n) is 17.6. The number of aromatic nitrogens is 2. The number of halogens is 5. The summed E-state index contributed by atoms with van der Waals surface area (Å²) in [7, 11) is 0. The number of nitrogens with zero attached hydrogens (tertiary/aromatic N) is 2. The Morgan fingerprint density at radius 1 is 1.00 bits per heavy atom. The van der Waals surface area contributed by atoms with Gasteiger partial charge in [0.25, 0.3) is 11.7 Å². The molecule has 2 heterocycles. The van der Waals surface area contributed by atoms with Gasteiger partial charge in [0.15, 0.2) is 0 Å². The molecule has 0 saturated heterocycles. The summed E-state index contributed by atoms with van der Waals surface area (Å²) in [5.74, 6) is -2.54. The molecule has 1 amide bonds. The van der Waals surface area contributed by atoms with Gasteiger partial charge in [0.2, 0.25) is 0 Å². The molecule has 10 heteroatoms. The summed E-state index contributed by atoms with van der Waals surface area (Å²) >= 11 is 11.9. The van der Waals surface area contributed by atoms with Crippen molar-refractivity contribution in [3.05, 3.63) is 93.4 Å². The fourth-order valence-electron chi connectivity index (χ4n) is 3.71. The van der Waals surface area contributed by atoms with Crippen LogP contribution >= 0.6 is 23.2 Å². The van der Waals surface area contributed by atoms with Crippen LogP contribution in [0.3, 0.4) is 0 Å². The highest BCUT2D eigenvalue weighted by Gasteiger charge is 2.42. The Morgan fingerprint density at radius 3 is 2.32 bits per heavy atom. The molecule has 0 bridgehead atoms. The molecule has 0 aliphatic rings. The Kier molecular flexibility index (Phi) is 6.38. The minimum Gasteiger partial charge on any atom is -0.332 e. The fourth-order valence-corrected chi connectivity index (χ4v) is 4.01. The molecule has 5 nitrogen and oxygen atoms in total. The maximum atomic E-state index is 14.4. The molecule has 0 atom stereocenters. The third-order valence-corrected chi connectivity index (χ3v) is 5.62. The molecule has 0 aliphatic carbocycles. The lowest BCUT2D eigenvalue weighted by Crippen LogP contribution is -2.26. The number of hydrogen-bond donors (Lipinski definition) is 1. The maximum absolute atomic E-state index is 14.4. The van der Waals surface area contributed by atoms with E-state index < -0.39 is 29.1 Å². The van der Waals surface area contributed by atoms with E-state index in [2.05, 4.69) is 10.3 Å². The van der Waals surface area contributed by atoms with Crippen LogP contribution in [0.25, 0.3) is 10.9 Å². The fraction of sp³-hybridized carbons (Fsp3) is 0.125. The predicted molar refractivity (Wildman–Crippen MR) is 124 cm³/mol.